The van der Waals surface area contributed by atoms with Gasteiger partial charge in [0.25, 0.3) is 0 Å². The number of fused-ring (bicyclic) bond motifs is 1. The summed E-state index contributed by atoms with van der Waals surface area (Å²) >= 11 is 1.63. The lowest BCUT2D eigenvalue weighted by Gasteiger charge is -2.28. The Labute approximate surface area is 111 Å². The number of hydrogen-bond acceptors (Lipinski definition) is 5. The van der Waals surface area contributed by atoms with Gasteiger partial charge in [0.1, 0.15) is 10.6 Å². The molecule has 96 valence electrons. The monoisotopic (exact) mass is 262 g/mol. The van der Waals surface area contributed by atoms with Crippen molar-refractivity contribution in [1.29, 1.82) is 0 Å². The van der Waals surface area contributed by atoms with Gasteiger partial charge in [-0.15, -0.1) is 11.3 Å². The molecular formula is C13H18N4S. The van der Waals surface area contributed by atoms with Crippen LogP contribution in [-0.2, 0) is 0 Å². The number of nitrogens with zero attached hydrogens (tertiary/aromatic N) is 3. The van der Waals surface area contributed by atoms with Gasteiger partial charge in [0, 0.05) is 12.6 Å². The molecule has 3 rings (SSSR count). The molecule has 1 aliphatic rings. The molecule has 0 amide bonds. The van der Waals surface area contributed by atoms with Gasteiger partial charge in [-0.3, -0.25) is 0 Å². The summed E-state index contributed by atoms with van der Waals surface area (Å²) in [5.74, 6) is 1.41. The smallest absolute Gasteiger partial charge is 0.223 e. The molecule has 0 spiro atoms. The van der Waals surface area contributed by atoms with Crippen molar-refractivity contribution in [2.75, 3.05) is 17.2 Å². The second-order valence-electron chi connectivity index (χ2n) is 4.94. The van der Waals surface area contributed by atoms with Gasteiger partial charge in [0.05, 0.1) is 5.39 Å². The van der Waals surface area contributed by atoms with Crippen molar-refractivity contribution in [3.8, 4) is 0 Å². The highest BCUT2D eigenvalue weighted by Crippen LogP contribution is 2.31. The largest absolute Gasteiger partial charge is 0.368 e. The standard InChI is InChI=1S/C13H18N4S/c1-9-5-3-2-4-7-17(9)11-10-6-8-18-12(10)16-13(14)15-11/h6,8-9H,2-5,7H2,1H3,(H2,14,15,16). The van der Waals surface area contributed by atoms with E-state index < -0.39 is 0 Å². The number of hydrogen-bond donors (Lipinski definition) is 1. The molecule has 1 atom stereocenters. The molecule has 4 nitrogen and oxygen atoms in total. The zero-order valence-corrected chi connectivity index (χ0v) is 11.4. The fourth-order valence-electron chi connectivity index (χ4n) is 2.66. The Balaban J connectivity index is 2.08. The molecule has 1 fully saturated rings. The van der Waals surface area contributed by atoms with Gasteiger partial charge >= 0.3 is 0 Å². The second kappa shape index (κ2) is 4.72. The Bertz CT molecular complexity index is 551. The molecule has 0 saturated carbocycles. The minimum atomic E-state index is 0.386. The SMILES string of the molecule is CC1CCCCCN1c1nc(N)nc2sccc12. The Hall–Kier alpha value is -1.36. The predicted octanol–water partition coefficient (Wildman–Crippen LogP) is 3.04. The fraction of sp³-hybridized carbons (Fsp3) is 0.538. The van der Waals surface area contributed by atoms with Gasteiger partial charge in [-0.2, -0.15) is 4.98 Å². The normalized spacial score (nSPS) is 21.2. The molecule has 1 unspecified atom stereocenters. The van der Waals surface area contributed by atoms with Gasteiger partial charge in [-0.1, -0.05) is 12.8 Å². The maximum absolute atomic E-state index is 5.83. The van der Waals surface area contributed by atoms with Crippen LogP contribution in [0.4, 0.5) is 11.8 Å². The number of aromatic nitrogens is 2. The van der Waals surface area contributed by atoms with E-state index in [9.17, 15) is 0 Å². The van der Waals surface area contributed by atoms with Crippen molar-refractivity contribution in [3.05, 3.63) is 11.4 Å². The Morgan fingerprint density at radius 2 is 2.22 bits per heavy atom. The maximum Gasteiger partial charge on any atom is 0.223 e. The number of rotatable bonds is 1. The number of nitrogens with two attached hydrogens (primary N) is 1. The van der Waals surface area contributed by atoms with E-state index in [0.717, 1.165) is 22.6 Å². The van der Waals surface area contributed by atoms with Crippen LogP contribution in [0.5, 0.6) is 0 Å². The topological polar surface area (TPSA) is 55.0 Å². The molecule has 0 bridgehead atoms. The zero-order valence-electron chi connectivity index (χ0n) is 10.6. The van der Waals surface area contributed by atoms with Crippen LogP contribution in [0, 0.1) is 0 Å². The van der Waals surface area contributed by atoms with E-state index in [1.165, 1.54) is 25.7 Å². The minimum absolute atomic E-state index is 0.386. The third-order valence-electron chi connectivity index (χ3n) is 3.65. The summed E-state index contributed by atoms with van der Waals surface area (Å²) in [7, 11) is 0. The third kappa shape index (κ3) is 2.03. The van der Waals surface area contributed by atoms with E-state index >= 15 is 0 Å². The molecule has 2 aromatic heterocycles. The predicted molar refractivity (Wildman–Crippen MR) is 77.1 cm³/mol. The molecular weight excluding hydrogens is 244 g/mol. The van der Waals surface area contributed by atoms with Crippen molar-refractivity contribution in [2.45, 2.75) is 38.6 Å². The molecule has 0 radical (unpaired) electrons. The van der Waals surface area contributed by atoms with E-state index in [-0.39, 0.29) is 0 Å². The van der Waals surface area contributed by atoms with Crippen molar-refractivity contribution < 1.29 is 0 Å². The molecule has 18 heavy (non-hydrogen) atoms. The van der Waals surface area contributed by atoms with E-state index in [4.69, 9.17) is 5.73 Å². The zero-order chi connectivity index (χ0) is 12.5. The van der Waals surface area contributed by atoms with Crippen LogP contribution in [0.2, 0.25) is 0 Å². The first-order valence-corrected chi connectivity index (χ1v) is 7.41. The van der Waals surface area contributed by atoms with Crippen molar-refractivity contribution in [2.24, 2.45) is 0 Å². The first-order valence-electron chi connectivity index (χ1n) is 6.53. The minimum Gasteiger partial charge on any atom is -0.368 e. The summed E-state index contributed by atoms with van der Waals surface area (Å²) < 4.78 is 0. The highest BCUT2D eigenvalue weighted by molar-refractivity contribution is 7.16. The Morgan fingerprint density at radius 3 is 3.11 bits per heavy atom. The molecule has 0 aliphatic carbocycles. The van der Waals surface area contributed by atoms with Gasteiger partial charge in [0.15, 0.2) is 0 Å². The number of thiophene rings is 1. The van der Waals surface area contributed by atoms with Crippen LogP contribution in [0.15, 0.2) is 11.4 Å². The molecule has 0 aromatic carbocycles. The number of nitrogen functional groups attached to an aromatic ring is 1. The van der Waals surface area contributed by atoms with Gasteiger partial charge < -0.3 is 10.6 Å². The van der Waals surface area contributed by atoms with Gasteiger partial charge in [0.2, 0.25) is 5.95 Å². The average molecular weight is 262 g/mol. The molecule has 2 aromatic rings. The molecule has 1 aliphatic heterocycles. The van der Waals surface area contributed by atoms with Gasteiger partial charge in [-0.05, 0) is 31.2 Å². The molecule has 1 saturated heterocycles. The van der Waals surface area contributed by atoms with Crippen molar-refractivity contribution in [1.82, 2.24) is 9.97 Å². The quantitative estimate of drug-likeness (QED) is 0.858. The third-order valence-corrected chi connectivity index (χ3v) is 4.45. The average Bonchev–Trinajstić information content (AvgIpc) is 2.70. The van der Waals surface area contributed by atoms with Gasteiger partial charge in [-0.25, -0.2) is 4.98 Å². The van der Waals surface area contributed by atoms with Crippen LogP contribution < -0.4 is 10.6 Å². The van der Waals surface area contributed by atoms with E-state index in [1.807, 2.05) is 0 Å². The lowest BCUT2D eigenvalue weighted by molar-refractivity contribution is 0.613. The highest BCUT2D eigenvalue weighted by Gasteiger charge is 2.21. The summed E-state index contributed by atoms with van der Waals surface area (Å²) in [5, 5.41) is 3.20. The van der Waals surface area contributed by atoms with Crippen LogP contribution in [0.25, 0.3) is 10.2 Å². The maximum atomic E-state index is 5.83. The lowest BCUT2D eigenvalue weighted by atomic mass is 10.1. The highest BCUT2D eigenvalue weighted by atomic mass is 32.1. The molecule has 5 heteroatoms. The van der Waals surface area contributed by atoms with Crippen LogP contribution >= 0.6 is 11.3 Å². The van der Waals surface area contributed by atoms with Crippen molar-refractivity contribution in [3.63, 3.8) is 0 Å². The van der Waals surface area contributed by atoms with Crippen LogP contribution in [-0.4, -0.2) is 22.6 Å². The van der Waals surface area contributed by atoms with E-state index in [0.29, 0.717) is 12.0 Å². The van der Waals surface area contributed by atoms with E-state index in [2.05, 4.69) is 33.2 Å². The van der Waals surface area contributed by atoms with Crippen LogP contribution in [0.1, 0.15) is 32.6 Å². The first-order chi connectivity index (χ1) is 8.75. The van der Waals surface area contributed by atoms with Crippen molar-refractivity contribution >= 4 is 33.3 Å². The summed E-state index contributed by atoms with van der Waals surface area (Å²) in [4.78, 5) is 12.2. The fourth-order valence-corrected chi connectivity index (χ4v) is 3.43. The Morgan fingerprint density at radius 1 is 1.33 bits per heavy atom. The molecule has 2 N–H and O–H groups in total. The summed E-state index contributed by atoms with van der Waals surface area (Å²) in [5.41, 5.74) is 5.83. The Kier molecular flexibility index (Phi) is 3.07. The first kappa shape index (κ1) is 11.7. The second-order valence-corrected chi connectivity index (χ2v) is 5.83. The van der Waals surface area contributed by atoms with Crippen LogP contribution in [0.3, 0.4) is 0 Å². The summed E-state index contributed by atoms with van der Waals surface area (Å²) in [6.07, 6.45) is 5.09. The van der Waals surface area contributed by atoms with E-state index in [1.54, 1.807) is 11.3 Å². The summed E-state index contributed by atoms with van der Waals surface area (Å²) in [6.45, 7) is 3.35. The lowest BCUT2D eigenvalue weighted by Crippen LogP contribution is -2.33. The molecule has 3 heterocycles. The summed E-state index contributed by atoms with van der Waals surface area (Å²) in [6, 6.07) is 2.64. The number of anilines is 2.